The molecule has 1 heterocycles. The maximum Gasteiger partial charge on any atom is 0.0628 e. The van der Waals surface area contributed by atoms with Crippen molar-refractivity contribution in [3.63, 3.8) is 0 Å². The van der Waals surface area contributed by atoms with Crippen molar-refractivity contribution in [1.29, 1.82) is 0 Å². The van der Waals surface area contributed by atoms with Crippen LogP contribution in [-0.4, -0.2) is 15.8 Å². The predicted molar refractivity (Wildman–Crippen MR) is 86.8 cm³/mol. The summed E-state index contributed by atoms with van der Waals surface area (Å²) in [6.07, 6.45) is 2.88. The summed E-state index contributed by atoms with van der Waals surface area (Å²) >= 11 is 3.58. The van der Waals surface area contributed by atoms with Crippen molar-refractivity contribution in [3.8, 4) is 0 Å². The van der Waals surface area contributed by atoms with Gasteiger partial charge >= 0.3 is 0 Å². The first-order valence-electron chi connectivity index (χ1n) is 6.97. The van der Waals surface area contributed by atoms with Crippen molar-refractivity contribution >= 4 is 15.9 Å². The van der Waals surface area contributed by atoms with Gasteiger partial charge in [0.05, 0.1) is 5.69 Å². The van der Waals surface area contributed by atoms with E-state index in [1.54, 1.807) is 0 Å². The first-order chi connectivity index (χ1) is 9.49. The normalized spacial score (nSPS) is 12.7. The Labute approximate surface area is 129 Å². The van der Waals surface area contributed by atoms with Crippen LogP contribution in [0.5, 0.6) is 0 Å². The second-order valence-corrected chi connectivity index (χ2v) is 6.22. The zero-order chi connectivity index (χ0) is 14.7. The first kappa shape index (κ1) is 15.3. The minimum atomic E-state index is 0.174. The van der Waals surface area contributed by atoms with Crippen molar-refractivity contribution < 1.29 is 0 Å². The highest BCUT2D eigenvalue weighted by Crippen LogP contribution is 2.19. The van der Waals surface area contributed by atoms with E-state index in [-0.39, 0.29) is 6.04 Å². The summed E-state index contributed by atoms with van der Waals surface area (Å²) in [5.41, 5.74) is 11.3. The highest BCUT2D eigenvalue weighted by molar-refractivity contribution is 9.10. The van der Waals surface area contributed by atoms with E-state index >= 15 is 0 Å². The molecule has 0 fully saturated rings. The van der Waals surface area contributed by atoms with E-state index in [1.165, 1.54) is 16.8 Å². The molecule has 108 valence electrons. The molecule has 4 heteroatoms. The minimum absolute atomic E-state index is 0.174. The molecule has 2 rings (SSSR count). The maximum absolute atomic E-state index is 6.28. The molecule has 0 aliphatic carbocycles. The minimum Gasteiger partial charge on any atom is -0.327 e. The number of nitrogens with two attached hydrogens (primary N) is 1. The summed E-state index contributed by atoms with van der Waals surface area (Å²) in [6.45, 7) is 4.19. The van der Waals surface area contributed by atoms with Gasteiger partial charge in [0, 0.05) is 23.3 Å². The summed E-state index contributed by atoms with van der Waals surface area (Å²) in [5, 5.41) is 4.46. The topological polar surface area (TPSA) is 43.8 Å². The molecule has 2 aromatic rings. The van der Waals surface area contributed by atoms with Gasteiger partial charge in [-0.15, -0.1) is 0 Å². The fourth-order valence-corrected chi connectivity index (χ4v) is 3.00. The number of halogens is 1. The second-order valence-electron chi connectivity index (χ2n) is 5.37. The van der Waals surface area contributed by atoms with Crippen LogP contribution in [0.4, 0.5) is 0 Å². The van der Waals surface area contributed by atoms with Gasteiger partial charge < -0.3 is 5.73 Å². The lowest BCUT2D eigenvalue weighted by Crippen LogP contribution is -2.23. The van der Waals surface area contributed by atoms with Crippen LogP contribution in [-0.2, 0) is 19.9 Å². The van der Waals surface area contributed by atoms with E-state index in [1.807, 2.05) is 17.8 Å². The van der Waals surface area contributed by atoms with Crippen LogP contribution < -0.4 is 5.73 Å². The largest absolute Gasteiger partial charge is 0.327 e. The average Bonchev–Trinajstić information content (AvgIpc) is 2.64. The molecular weight excluding hydrogens is 314 g/mol. The zero-order valence-electron chi connectivity index (χ0n) is 12.4. The summed E-state index contributed by atoms with van der Waals surface area (Å²) in [6, 6.07) is 8.46. The molecule has 0 radical (unpaired) electrons. The van der Waals surface area contributed by atoms with Crippen LogP contribution in [0.25, 0.3) is 0 Å². The van der Waals surface area contributed by atoms with Gasteiger partial charge in [-0.25, -0.2) is 0 Å². The van der Waals surface area contributed by atoms with Gasteiger partial charge in [0.2, 0.25) is 0 Å². The quantitative estimate of drug-likeness (QED) is 0.910. The Balaban J connectivity index is 1.96. The lowest BCUT2D eigenvalue weighted by molar-refractivity contribution is 0.607. The van der Waals surface area contributed by atoms with Crippen molar-refractivity contribution in [2.45, 2.75) is 39.2 Å². The fraction of sp³-hybridized carbons (Fsp3) is 0.438. The third-order valence-corrected chi connectivity index (χ3v) is 4.64. The van der Waals surface area contributed by atoms with Gasteiger partial charge in [0.25, 0.3) is 0 Å². The molecule has 0 spiro atoms. The standard InChI is InChI=1S/C16H22BrN3/c1-11-15(12(2)20(3)19-11)9-8-14(18)10-13-6-4-5-7-16(13)17/h4-7,14H,8-10,18H2,1-3H3. The Morgan fingerprint density at radius 2 is 2.00 bits per heavy atom. The first-order valence-corrected chi connectivity index (χ1v) is 7.76. The van der Waals surface area contributed by atoms with Crippen LogP contribution >= 0.6 is 15.9 Å². The molecule has 0 saturated carbocycles. The van der Waals surface area contributed by atoms with Crippen molar-refractivity contribution in [2.24, 2.45) is 12.8 Å². The molecule has 0 saturated heterocycles. The van der Waals surface area contributed by atoms with E-state index in [2.05, 4.69) is 53.1 Å². The fourth-order valence-electron chi connectivity index (χ4n) is 2.56. The van der Waals surface area contributed by atoms with Crippen LogP contribution in [0, 0.1) is 13.8 Å². The summed E-state index contributed by atoms with van der Waals surface area (Å²) in [5.74, 6) is 0. The van der Waals surface area contributed by atoms with Gasteiger partial charge in [-0.3, -0.25) is 4.68 Å². The van der Waals surface area contributed by atoms with Crippen molar-refractivity contribution in [1.82, 2.24) is 9.78 Å². The number of nitrogens with zero attached hydrogens (tertiary/aromatic N) is 2. The molecule has 1 unspecified atom stereocenters. The monoisotopic (exact) mass is 335 g/mol. The summed E-state index contributed by atoms with van der Waals surface area (Å²) < 4.78 is 3.09. The second kappa shape index (κ2) is 6.55. The lowest BCUT2D eigenvalue weighted by Gasteiger charge is -2.13. The SMILES string of the molecule is Cc1nn(C)c(C)c1CCC(N)Cc1ccccc1Br. The molecule has 1 aromatic heterocycles. The molecule has 1 aromatic carbocycles. The number of hydrogen-bond donors (Lipinski definition) is 1. The third kappa shape index (κ3) is 3.49. The number of rotatable bonds is 5. The van der Waals surface area contributed by atoms with E-state index in [9.17, 15) is 0 Å². The molecule has 0 aliphatic rings. The zero-order valence-corrected chi connectivity index (χ0v) is 13.9. The van der Waals surface area contributed by atoms with Crippen LogP contribution in [0.2, 0.25) is 0 Å². The number of aromatic nitrogens is 2. The number of hydrogen-bond acceptors (Lipinski definition) is 2. The molecule has 0 bridgehead atoms. The molecular formula is C16H22BrN3. The van der Waals surface area contributed by atoms with Gasteiger partial charge in [0.1, 0.15) is 0 Å². The number of benzene rings is 1. The molecule has 3 nitrogen and oxygen atoms in total. The Morgan fingerprint density at radius 3 is 2.60 bits per heavy atom. The Hall–Kier alpha value is -1.13. The van der Waals surface area contributed by atoms with Gasteiger partial charge in [-0.1, -0.05) is 34.1 Å². The van der Waals surface area contributed by atoms with E-state index in [4.69, 9.17) is 5.73 Å². The molecule has 20 heavy (non-hydrogen) atoms. The molecule has 2 N–H and O–H groups in total. The highest BCUT2D eigenvalue weighted by Gasteiger charge is 2.12. The summed E-state index contributed by atoms with van der Waals surface area (Å²) in [4.78, 5) is 0. The van der Waals surface area contributed by atoms with E-state index in [0.29, 0.717) is 0 Å². The molecule has 0 amide bonds. The van der Waals surface area contributed by atoms with Gasteiger partial charge in [0.15, 0.2) is 0 Å². The van der Waals surface area contributed by atoms with E-state index < -0.39 is 0 Å². The van der Waals surface area contributed by atoms with E-state index in [0.717, 1.165) is 29.4 Å². The van der Waals surface area contributed by atoms with Crippen LogP contribution in [0.15, 0.2) is 28.7 Å². The predicted octanol–water partition coefficient (Wildman–Crippen LogP) is 3.30. The smallest absolute Gasteiger partial charge is 0.0628 e. The third-order valence-electron chi connectivity index (χ3n) is 3.86. The van der Waals surface area contributed by atoms with Crippen LogP contribution in [0.3, 0.4) is 0 Å². The Bertz CT molecular complexity index is 589. The lowest BCUT2D eigenvalue weighted by atomic mass is 9.99. The summed E-state index contributed by atoms with van der Waals surface area (Å²) in [7, 11) is 1.99. The maximum atomic E-state index is 6.28. The van der Waals surface area contributed by atoms with Crippen molar-refractivity contribution in [2.75, 3.05) is 0 Å². The van der Waals surface area contributed by atoms with Crippen molar-refractivity contribution in [3.05, 3.63) is 51.3 Å². The molecule has 0 aliphatic heterocycles. The van der Waals surface area contributed by atoms with Gasteiger partial charge in [-0.05, 0) is 50.3 Å². The number of aryl methyl sites for hydroxylation is 2. The average molecular weight is 336 g/mol. The Morgan fingerprint density at radius 1 is 1.30 bits per heavy atom. The highest BCUT2D eigenvalue weighted by atomic mass is 79.9. The van der Waals surface area contributed by atoms with Gasteiger partial charge in [-0.2, -0.15) is 5.10 Å². The molecule has 1 atom stereocenters. The van der Waals surface area contributed by atoms with Crippen LogP contribution in [0.1, 0.15) is 28.9 Å². The Kier molecular flexibility index (Phi) is 5.00.